The molecule has 0 spiro atoms. The number of aromatic nitrogens is 1. The van der Waals surface area contributed by atoms with E-state index in [1.165, 1.54) is 0 Å². The van der Waals surface area contributed by atoms with E-state index in [0.29, 0.717) is 17.7 Å². The summed E-state index contributed by atoms with van der Waals surface area (Å²) in [7, 11) is -3.72. The Morgan fingerprint density at radius 3 is 2.55 bits per heavy atom. The fraction of sp³-hybridized carbons (Fsp3) is 0.615. The van der Waals surface area contributed by atoms with Crippen LogP contribution in [0.3, 0.4) is 0 Å². The first-order valence-corrected chi connectivity index (χ1v) is 8.01. The Kier molecular flexibility index (Phi) is 3.68. The molecule has 2 N–H and O–H groups in total. The molecule has 2 heterocycles. The molecule has 1 saturated heterocycles. The van der Waals surface area contributed by atoms with Crippen LogP contribution in [0.5, 0.6) is 0 Å². The van der Waals surface area contributed by atoms with Crippen LogP contribution in [0.2, 0.25) is 0 Å². The number of rotatable bonds is 3. The molecule has 7 heteroatoms. The van der Waals surface area contributed by atoms with E-state index in [4.69, 9.17) is 4.74 Å². The lowest BCUT2D eigenvalue weighted by Gasteiger charge is -2.16. The summed E-state index contributed by atoms with van der Waals surface area (Å²) in [5.74, 6) is -0.600. The van der Waals surface area contributed by atoms with E-state index in [1.54, 1.807) is 13.0 Å². The number of hydrogen-bond donors (Lipinski definition) is 2. The minimum absolute atomic E-state index is 0.112. The van der Waals surface area contributed by atoms with E-state index in [0.717, 1.165) is 5.69 Å². The van der Waals surface area contributed by atoms with E-state index < -0.39 is 26.8 Å². The zero-order valence-corrected chi connectivity index (χ0v) is 12.9. The van der Waals surface area contributed by atoms with E-state index in [-0.39, 0.29) is 6.61 Å². The number of carbonyl (C=O) groups excluding carboxylic acids is 1. The summed E-state index contributed by atoms with van der Waals surface area (Å²) in [5, 5.41) is -0.693. The summed E-state index contributed by atoms with van der Waals surface area (Å²) < 4.78 is 32.0. The molecule has 20 heavy (non-hydrogen) atoms. The SMILES string of the molecule is Cc1cc(C(=O)NS(=O)(=O)C2COC(C)(C)C2)c(C)[nH]1. The summed E-state index contributed by atoms with van der Waals surface area (Å²) in [6.45, 7) is 7.33. The maximum Gasteiger partial charge on any atom is 0.266 e. The number of amides is 1. The van der Waals surface area contributed by atoms with Crippen LogP contribution in [-0.2, 0) is 14.8 Å². The molecular weight excluding hydrogens is 280 g/mol. The quantitative estimate of drug-likeness (QED) is 0.879. The lowest BCUT2D eigenvalue weighted by Crippen LogP contribution is -2.39. The van der Waals surface area contributed by atoms with Crippen LogP contribution >= 0.6 is 0 Å². The van der Waals surface area contributed by atoms with Gasteiger partial charge >= 0.3 is 0 Å². The number of nitrogens with one attached hydrogen (secondary N) is 2. The maximum absolute atomic E-state index is 12.2. The molecule has 0 saturated carbocycles. The zero-order valence-electron chi connectivity index (χ0n) is 12.1. The number of aromatic amines is 1. The van der Waals surface area contributed by atoms with E-state index in [2.05, 4.69) is 9.71 Å². The minimum atomic E-state index is -3.72. The molecule has 1 fully saturated rings. The molecule has 0 aromatic carbocycles. The van der Waals surface area contributed by atoms with Gasteiger partial charge in [0.15, 0.2) is 0 Å². The van der Waals surface area contributed by atoms with Crippen molar-refractivity contribution in [2.45, 2.75) is 45.0 Å². The number of carbonyl (C=O) groups is 1. The molecule has 1 atom stereocenters. The number of sulfonamides is 1. The third-order valence-electron chi connectivity index (χ3n) is 3.45. The van der Waals surface area contributed by atoms with Gasteiger partial charge in [-0.25, -0.2) is 13.1 Å². The van der Waals surface area contributed by atoms with Crippen LogP contribution in [0.15, 0.2) is 6.07 Å². The highest BCUT2D eigenvalue weighted by atomic mass is 32.2. The summed E-state index contributed by atoms with van der Waals surface area (Å²) in [4.78, 5) is 15.0. The smallest absolute Gasteiger partial charge is 0.266 e. The standard InChI is InChI=1S/C13H20N2O4S/c1-8-5-11(9(2)14-8)12(16)15-20(17,18)10-6-13(3,4)19-7-10/h5,10,14H,6-7H2,1-4H3,(H,15,16). The van der Waals surface area contributed by atoms with Crippen LogP contribution in [0.4, 0.5) is 0 Å². The van der Waals surface area contributed by atoms with Gasteiger partial charge in [-0.3, -0.25) is 4.79 Å². The Bertz CT molecular complexity index is 631. The highest BCUT2D eigenvalue weighted by Crippen LogP contribution is 2.28. The van der Waals surface area contributed by atoms with Crippen LogP contribution in [-0.4, -0.2) is 36.8 Å². The first-order valence-electron chi connectivity index (χ1n) is 6.47. The summed E-state index contributed by atoms with van der Waals surface area (Å²) in [6.07, 6.45) is 0.376. The number of H-pyrrole nitrogens is 1. The van der Waals surface area contributed by atoms with Gasteiger partial charge in [0.2, 0.25) is 10.0 Å². The van der Waals surface area contributed by atoms with E-state index in [9.17, 15) is 13.2 Å². The largest absolute Gasteiger partial charge is 0.374 e. The van der Waals surface area contributed by atoms with Crippen molar-refractivity contribution in [2.24, 2.45) is 0 Å². The second kappa shape index (κ2) is 4.89. The van der Waals surface area contributed by atoms with Gasteiger partial charge in [-0.1, -0.05) is 0 Å². The number of hydrogen-bond acceptors (Lipinski definition) is 4. The molecule has 2 rings (SSSR count). The fourth-order valence-electron chi connectivity index (χ4n) is 2.41. The summed E-state index contributed by atoms with van der Waals surface area (Å²) in [6, 6.07) is 1.63. The summed E-state index contributed by atoms with van der Waals surface area (Å²) >= 11 is 0. The fourth-order valence-corrected chi connectivity index (χ4v) is 3.81. The van der Waals surface area contributed by atoms with Crippen molar-refractivity contribution in [1.82, 2.24) is 9.71 Å². The summed E-state index contributed by atoms with van der Waals surface area (Å²) in [5.41, 5.74) is 1.35. The highest BCUT2D eigenvalue weighted by molar-refractivity contribution is 7.90. The van der Waals surface area contributed by atoms with Crippen molar-refractivity contribution >= 4 is 15.9 Å². The Morgan fingerprint density at radius 2 is 2.10 bits per heavy atom. The molecule has 1 aliphatic heterocycles. The Labute approximate surface area is 119 Å². The van der Waals surface area contributed by atoms with Crippen LogP contribution < -0.4 is 4.72 Å². The highest BCUT2D eigenvalue weighted by Gasteiger charge is 2.40. The Morgan fingerprint density at radius 1 is 1.45 bits per heavy atom. The average Bonchev–Trinajstić information content (AvgIpc) is 2.81. The van der Waals surface area contributed by atoms with E-state index >= 15 is 0 Å². The van der Waals surface area contributed by atoms with Crippen molar-refractivity contribution < 1.29 is 17.9 Å². The molecule has 0 radical (unpaired) electrons. The predicted molar refractivity (Wildman–Crippen MR) is 75.1 cm³/mol. The first-order chi connectivity index (χ1) is 9.11. The molecule has 1 amide bonds. The van der Waals surface area contributed by atoms with Gasteiger partial charge < -0.3 is 9.72 Å². The van der Waals surface area contributed by atoms with E-state index in [1.807, 2.05) is 20.8 Å². The van der Waals surface area contributed by atoms with Crippen LogP contribution in [0.25, 0.3) is 0 Å². The molecular formula is C13H20N2O4S. The molecule has 1 aromatic rings. The lowest BCUT2D eigenvalue weighted by atomic mass is 10.1. The number of aryl methyl sites for hydroxylation is 2. The lowest BCUT2D eigenvalue weighted by molar-refractivity contribution is 0.0368. The van der Waals surface area contributed by atoms with Gasteiger partial charge in [0.1, 0.15) is 5.25 Å². The zero-order chi connectivity index (χ0) is 15.1. The van der Waals surface area contributed by atoms with Crippen molar-refractivity contribution in [2.75, 3.05) is 6.61 Å². The molecule has 112 valence electrons. The van der Waals surface area contributed by atoms with Crippen molar-refractivity contribution in [3.05, 3.63) is 23.0 Å². The third-order valence-corrected chi connectivity index (χ3v) is 5.10. The maximum atomic E-state index is 12.2. The normalized spacial score (nSPS) is 21.9. The Balaban J connectivity index is 2.13. The van der Waals surface area contributed by atoms with Gasteiger partial charge in [0, 0.05) is 11.4 Å². The molecule has 1 aromatic heterocycles. The third kappa shape index (κ3) is 3.04. The second-order valence-corrected chi connectivity index (χ2v) is 7.82. The minimum Gasteiger partial charge on any atom is -0.374 e. The van der Waals surface area contributed by atoms with Crippen molar-refractivity contribution in [1.29, 1.82) is 0 Å². The van der Waals surface area contributed by atoms with Gasteiger partial charge in [0.05, 0.1) is 17.8 Å². The van der Waals surface area contributed by atoms with Gasteiger partial charge in [-0.15, -0.1) is 0 Å². The monoisotopic (exact) mass is 300 g/mol. The van der Waals surface area contributed by atoms with Crippen LogP contribution in [0, 0.1) is 13.8 Å². The number of ether oxygens (including phenoxy) is 1. The average molecular weight is 300 g/mol. The molecule has 1 aliphatic rings. The second-order valence-electron chi connectivity index (χ2n) is 5.86. The van der Waals surface area contributed by atoms with Crippen molar-refractivity contribution in [3.8, 4) is 0 Å². The molecule has 6 nitrogen and oxygen atoms in total. The van der Waals surface area contributed by atoms with Crippen molar-refractivity contribution in [3.63, 3.8) is 0 Å². The molecule has 1 unspecified atom stereocenters. The topological polar surface area (TPSA) is 88.3 Å². The van der Waals surface area contributed by atoms with Gasteiger partial charge in [-0.05, 0) is 40.2 Å². The van der Waals surface area contributed by atoms with Gasteiger partial charge in [-0.2, -0.15) is 0 Å². The van der Waals surface area contributed by atoms with Gasteiger partial charge in [0.25, 0.3) is 5.91 Å². The predicted octanol–water partition coefficient (Wildman–Crippen LogP) is 1.26. The first kappa shape index (κ1) is 15.1. The van der Waals surface area contributed by atoms with Crippen LogP contribution in [0.1, 0.15) is 42.0 Å². The Hall–Kier alpha value is -1.34. The molecule has 0 aliphatic carbocycles. The molecule has 0 bridgehead atoms.